The average Bonchev–Trinajstić information content (AvgIpc) is 2.26. The molecule has 1 aromatic rings. The molecule has 0 spiro atoms. The minimum absolute atomic E-state index is 0.0845. The molecule has 0 aliphatic rings. The summed E-state index contributed by atoms with van der Waals surface area (Å²) in [5.41, 5.74) is 1.58. The second-order valence-corrected chi connectivity index (χ2v) is 4.44. The van der Waals surface area contributed by atoms with E-state index in [9.17, 15) is 4.79 Å². The Hall–Kier alpha value is -1.03. The van der Waals surface area contributed by atoms with E-state index in [1.54, 1.807) is 12.1 Å². The highest BCUT2D eigenvalue weighted by molar-refractivity contribution is 9.09. The Morgan fingerprint density at radius 1 is 1.38 bits per heavy atom. The molecule has 0 amide bonds. The Bertz CT molecular complexity index is 335. The number of hydrogen-bond donors (Lipinski definition) is 1. The molecule has 0 aliphatic carbocycles. The van der Waals surface area contributed by atoms with Crippen LogP contribution in [0.3, 0.4) is 0 Å². The van der Waals surface area contributed by atoms with Crippen molar-refractivity contribution in [3.05, 3.63) is 29.8 Å². The van der Waals surface area contributed by atoms with Gasteiger partial charge in [-0.05, 0) is 38.1 Å². The van der Waals surface area contributed by atoms with Crippen LogP contribution in [0.25, 0.3) is 0 Å². The van der Waals surface area contributed by atoms with Crippen molar-refractivity contribution in [2.75, 3.05) is 17.2 Å². The predicted octanol–water partition coefficient (Wildman–Crippen LogP) is 3.06. The molecule has 0 aliphatic heterocycles. The molecular formula is C12H16BrNO2. The quantitative estimate of drug-likeness (QED) is 0.668. The number of carbonyl (C=O) groups excluding carboxylic acids is 1. The summed E-state index contributed by atoms with van der Waals surface area (Å²) in [6.45, 7) is 4.53. The van der Waals surface area contributed by atoms with Crippen LogP contribution in [0.15, 0.2) is 24.3 Å². The topological polar surface area (TPSA) is 38.3 Å². The SMILES string of the molecule is CC(C)OC(=O)c1ccc(NCCBr)cc1. The van der Waals surface area contributed by atoms with E-state index in [1.807, 2.05) is 26.0 Å². The Balaban J connectivity index is 2.60. The van der Waals surface area contributed by atoms with Crippen LogP contribution in [0, 0.1) is 0 Å². The maximum absolute atomic E-state index is 11.5. The molecule has 0 radical (unpaired) electrons. The number of benzene rings is 1. The number of alkyl halides is 1. The first kappa shape index (κ1) is 13.0. The van der Waals surface area contributed by atoms with Crippen LogP contribution in [0.5, 0.6) is 0 Å². The second kappa shape index (κ2) is 6.53. The first-order chi connectivity index (χ1) is 7.63. The number of esters is 1. The van der Waals surface area contributed by atoms with Crippen LogP contribution in [0.4, 0.5) is 5.69 Å². The van der Waals surface area contributed by atoms with Gasteiger partial charge in [0.15, 0.2) is 0 Å². The number of anilines is 1. The number of rotatable bonds is 5. The Morgan fingerprint density at radius 2 is 2.00 bits per heavy atom. The monoisotopic (exact) mass is 285 g/mol. The lowest BCUT2D eigenvalue weighted by Gasteiger charge is -2.08. The highest BCUT2D eigenvalue weighted by Gasteiger charge is 2.08. The van der Waals surface area contributed by atoms with Gasteiger partial charge in [0.05, 0.1) is 11.7 Å². The molecule has 0 bridgehead atoms. The van der Waals surface area contributed by atoms with Gasteiger partial charge in [0, 0.05) is 17.6 Å². The molecule has 4 heteroatoms. The highest BCUT2D eigenvalue weighted by Crippen LogP contribution is 2.11. The van der Waals surface area contributed by atoms with Crippen molar-refractivity contribution in [3.63, 3.8) is 0 Å². The zero-order valence-corrected chi connectivity index (χ0v) is 11.1. The van der Waals surface area contributed by atoms with Crippen LogP contribution in [0.2, 0.25) is 0 Å². The van der Waals surface area contributed by atoms with Crippen molar-refractivity contribution in [3.8, 4) is 0 Å². The van der Waals surface area contributed by atoms with Crippen molar-refractivity contribution < 1.29 is 9.53 Å². The zero-order chi connectivity index (χ0) is 12.0. The normalized spacial score (nSPS) is 10.2. The third-order valence-electron chi connectivity index (χ3n) is 1.89. The van der Waals surface area contributed by atoms with Crippen LogP contribution in [-0.2, 0) is 4.74 Å². The van der Waals surface area contributed by atoms with Crippen LogP contribution in [-0.4, -0.2) is 23.9 Å². The van der Waals surface area contributed by atoms with E-state index in [-0.39, 0.29) is 12.1 Å². The molecule has 3 nitrogen and oxygen atoms in total. The van der Waals surface area contributed by atoms with E-state index in [0.717, 1.165) is 17.6 Å². The minimum atomic E-state index is -0.276. The van der Waals surface area contributed by atoms with E-state index in [0.29, 0.717) is 5.56 Å². The summed E-state index contributed by atoms with van der Waals surface area (Å²) >= 11 is 3.34. The number of hydrogen-bond acceptors (Lipinski definition) is 3. The fourth-order valence-electron chi connectivity index (χ4n) is 1.20. The van der Waals surface area contributed by atoms with Gasteiger partial charge in [0.1, 0.15) is 0 Å². The van der Waals surface area contributed by atoms with Crippen LogP contribution in [0.1, 0.15) is 24.2 Å². The summed E-state index contributed by atoms with van der Waals surface area (Å²) < 4.78 is 5.09. The minimum Gasteiger partial charge on any atom is -0.459 e. The summed E-state index contributed by atoms with van der Waals surface area (Å²) in [5, 5.41) is 4.10. The lowest BCUT2D eigenvalue weighted by molar-refractivity contribution is 0.0378. The number of carbonyl (C=O) groups is 1. The van der Waals surface area contributed by atoms with Crippen molar-refractivity contribution >= 4 is 27.6 Å². The largest absolute Gasteiger partial charge is 0.459 e. The summed E-state index contributed by atoms with van der Waals surface area (Å²) in [6, 6.07) is 7.28. The molecule has 88 valence electrons. The molecule has 16 heavy (non-hydrogen) atoms. The molecule has 0 atom stereocenters. The smallest absolute Gasteiger partial charge is 0.338 e. The van der Waals surface area contributed by atoms with Gasteiger partial charge in [-0.3, -0.25) is 0 Å². The number of halogens is 1. The van der Waals surface area contributed by atoms with Gasteiger partial charge in [0.2, 0.25) is 0 Å². The lowest BCUT2D eigenvalue weighted by Crippen LogP contribution is -2.11. The summed E-state index contributed by atoms with van der Waals surface area (Å²) in [5.74, 6) is -0.276. The van der Waals surface area contributed by atoms with Gasteiger partial charge in [-0.25, -0.2) is 4.79 Å². The van der Waals surface area contributed by atoms with E-state index >= 15 is 0 Å². The fraction of sp³-hybridized carbons (Fsp3) is 0.417. The van der Waals surface area contributed by atoms with Gasteiger partial charge < -0.3 is 10.1 Å². The number of ether oxygens (including phenoxy) is 1. The molecule has 0 heterocycles. The highest BCUT2D eigenvalue weighted by atomic mass is 79.9. The Morgan fingerprint density at radius 3 is 2.50 bits per heavy atom. The van der Waals surface area contributed by atoms with Gasteiger partial charge in [-0.15, -0.1) is 0 Å². The first-order valence-electron chi connectivity index (χ1n) is 5.24. The molecule has 1 N–H and O–H groups in total. The Labute approximate surface area is 104 Å². The van der Waals surface area contributed by atoms with Gasteiger partial charge in [0.25, 0.3) is 0 Å². The first-order valence-corrected chi connectivity index (χ1v) is 6.36. The predicted molar refractivity (Wildman–Crippen MR) is 69.3 cm³/mol. The van der Waals surface area contributed by atoms with Crippen LogP contribution >= 0.6 is 15.9 Å². The molecule has 0 unspecified atom stereocenters. The maximum Gasteiger partial charge on any atom is 0.338 e. The molecule has 1 rings (SSSR count). The fourth-order valence-corrected chi connectivity index (χ4v) is 1.40. The summed E-state index contributed by atoms with van der Waals surface area (Å²) in [4.78, 5) is 11.5. The molecule has 0 aromatic heterocycles. The summed E-state index contributed by atoms with van der Waals surface area (Å²) in [7, 11) is 0. The zero-order valence-electron chi connectivity index (χ0n) is 9.50. The average molecular weight is 286 g/mol. The standard InChI is InChI=1S/C12H16BrNO2/c1-9(2)16-12(15)10-3-5-11(6-4-10)14-8-7-13/h3-6,9,14H,7-8H2,1-2H3. The molecule has 1 aromatic carbocycles. The van der Waals surface area contributed by atoms with E-state index < -0.39 is 0 Å². The van der Waals surface area contributed by atoms with Crippen molar-refractivity contribution in [2.45, 2.75) is 20.0 Å². The Kier molecular flexibility index (Phi) is 5.32. The van der Waals surface area contributed by atoms with Crippen molar-refractivity contribution in [1.29, 1.82) is 0 Å². The lowest BCUT2D eigenvalue weighted by atomic mass is 10.2. The van der Waals surface area contributed by atoms with E-state index in [4.69, 9.17) is 4.74 Å². The molecule has 0 fully saturated rings. The van der Waals surface area contributed by atoms with Crippen molar-refractivity contribution in [2.24, 2.45) is 0 Å². The molecule has 0 saturated heterocycles. The third kappa shape index (κ3) is 4.23. The van der Waals surface area contributed by atoms with E-state index in [2.05, 4.69) is 21.2 Å². The summed E-state index contributed by atoms with van der Waals surface area (Å²) in [6.07, 6.45) is -0.0845. The number of nitrogens with one attached hydrogen (secondary N) is 1. The molecule has 0 saturated carbocycles. The van der Waals surface area contributed by atoms with Crippen molar-refractivity contribution in [1.82, 2.24) is 0 Å². The van der Waals surface area contributed by atoms with E-state index in [1.165, 1.54) is 0 Å². The van der Waals surface area contributed by atoms with Crippen LogP contribution < -0.4 is 5.32 Å². The maximum atomic E-state index is 11.5. The van der Waals surface area contributed by atoms with Gasteiger partial charge in [-0.2, -0.15) is 0 Å². The third-order valence-corrected chi connectivity index (χ3v) is 2.28. The van der Waals surface area contributed by atoms with Gasteiger partial charge in [-0.1, -0.05) is 15.9 Å². The van der Waals surface area contributed by atoms with Gasteiger partial charge >= 0.3 is 5.97 Å². The second-order valence-electron chi connectivity index (χ2n) is 3.65. The molecular weight excluding hydrogens is 270 g/mol.